The summed E-state index contributed by atoms with van der Waals surface area (Å²) in [6.07, 6.45) is 2.35. The molecule has 0 saturated carbocycles. The number of hydrogen-bond acceptors (Lipinski definition) is 7. The van der Waals surface area contributed by atoms with Gasteiger partial charge in [-0.05, 0) is 48.2 Å². The molecule has 11 heteroatoms. The first-order valence-electron chi connectivity index (χ1n) is 12.6. The van der Waals surface area contributed by atoms with Gasteiger partial charge in [0.2, 0.25) is 11.8 Å². The number of ether oxygens (including phenoxy) is 2. The quantitative estimate of drug-likeness (QED) is 0.503. The summed E-state index contributed by atoms with van der Waals surface area (Å²) in [5.41, 5.74) is 2.11. The summed E-state index contributed by atoms with van der Waals surface area (Å²) in [5.74, 6) is 0.642. The van der Waals surface area contributed by atoms with Crippen molar-refractivity contribution in [2.24, 2.45) is 0 Å². The van der Waals surface area contributed by atoms with E-state index in [1.165, 1.54) is 11.1 Å². The number of carbonyl (C=O) groups is 3. The largest absolute Gasteiger partial charge is 0.457 e. The van der Waals surface area contributed by atoms with Crippen molar-refractivity contribution < 1.29 is 23.9 Å². The second-order valence-corrected chi connectivity index (χ2v) is 9.57. The van der Waals surface area contributed by atoms with Crippen LogP contribution in [-0.4, -0.2) is 81.8 Å². The van der Waals surface area contributed by atoms with Gasteiger partial charge < -0.3 is 24.6 Å². The number of benzene rings is 2. The Morgan fingerprint density at radius 2 is 1.82 bits per heavy atom. The lowest BCUT2D eigenvalue weighted by molar-refractivity contribution is -0.135. The molecule has 2 aliphatic rings. The van der Waals surface area contributed by atoms with Gasteiger partial charge >= 0.3 is 0 Å². The summed E-state index contributed by atoms with van der Waals surface area (Å²) in [7, 11) is 1.61. The minimum atomic E-state index is -0.464. The molecule has 0 aliphatic carbocycles. The molecule has 38 heavy (non-hydrogen) atoms. The first kappa shape index (κ1) is 25.4. The lowest BCUT2D eigenvalue weighted by atomic mass is 10.0. The van der Waals surface area contributed by atoms with Crippen LogP contribution in [0.4, 0.5) is 0 Å². The fraction of sp³-hybridized carbons (Fsp3) is 0.370. The number of aromatic nitrogens is 3. The molecular formula is C27H30N6O5. The Morgan fingerprint density at radius 1 is 1.05 bits per heavy atom. The van der Waals surface area contributed by atoms with E-state index < -0.39 is 6.04 Å². The van der Waals surface area contributed by atoms with Gasteiger partial charge in [-0.25, -0.2) is 0 Å². The number of likely N-dealkylation sites (N-methyl/N-ethyl adjacent to an activating group) is 1. The van der Waals surface area contributed by atoms with Crippen molar-refractivity contribution in [1.82, 2.24) is 30.5 Å². The summed E-state index contributed by atoms with van der Waals surface area (Å²) in [6.45, 7) is 0.909. The molecule has 2 aromatic carbocycles. The summed E-state index contributed by atoms with van der Waals surface area (Å²) in [4.78, 5) is 41.6. The molecule has 1 saturated heterocycles. The van der Waals surface area contributed by atoms with Crippen LogP contribution < -0.4 is 10.1 Å². The van der Waals surface area contributed by atoms with E-state index in [1.54, 1.807) is 11.9 Å². The van der Waals surface area contributed by atoms with E-state index in [4.69, 9.17) is 9.47 Å². The first-order valence-corrected chi connectivity index (χ1v) is 12.6. The molecular weight excluding hydrogens is 488 g/mol. The van der Waals surface area contributed by atoms with Gasteiger partial charge in [0.05, 0.1) is 31.5 Å². The Balaban J connectivity index is 1.37. The van der Waals surface area contributed by atoms with E-state index in [1.807, 2.05) is 48.5 Å². The Labute approximate surface area is 220 Å². The third-order valence-corrected chi connectivity index (χ3v) is 6.75. The normalized spacial score (nSPS) is 21.0. The molecule has 0 spiro atoms. The highest BCUT2D eigenvalue weighted by atomic mass is 16.5. The highest BCUT2D eigenvalue weighted by molar-refractivity contribution is 5.92. The number of nitrogens with one attached hydrogen (secondary N) is 2. The van der Waals surface area contributed by atoms with Crippen molar-refractivity contribution in [2.75, 3.05) is 26.7 Å². The number of aryl methyl sites for hydroxylation is 1. The van der Waals surface area contributed by atoms with Crippen molar-refractivity contribution in [3.8, 4) is 11.5 Å². The molecule has 1 fully saturated rings. The molecule has 198 valence electrons. The van der Waals surface area contributed by atoms with E-state index in [0.717, 1.165) is 11.1 Å². The van der Waals surface area contributed by atoms with E-state index in [0.29, 0.717) is 37.5 Å². The number of rotatable bonds is 1. The van der Waals surface area contributed by atoms with E-state index in [2.05, 4.69) is 20.7 Å². The molecule has 3 amide bonds. The van der Waals surface area contributed by atoms with Crippen LogP contribution in [0.3, 0.4) is 0 Å². The van der Waals surface area contributed by atoms with Crippen LogP contribution >= 0.6 is 0 Å². The second kappa shape index (κ2) is 11.4. The number of amides is 3. The first-order chi connectivity index (χ1) is 18.4. The van der Waals surface area contributed by atoms with Gasteiger partial charge in [0.15, 0.2) is 5.69 Å². The third-order valence-electron chi connectivity index (χ3n) is 6.75. The van der Waals surface area contributed by atoms with Gasteiger partial charge in [0.1, 0.15) is 11.5 Å². The summed E-state index contributed by atoms with van der Waals surface area (Å²) in [6, 6.07) is 14.8. The lowest BCUT2D eigenvalue weighted by Crippen LogP contribution is -2.58. The average Bonchev–Trinajstić information content (AvgIpc) is 3.45. The zero-order valence-electron chi connectivity index (χ0n) is 21.1. The minimum Gasteiger partial charge on any atom is -0.457 e. The fourth-order valence-corrected chi connectivity index (χ4v) is 4.72. The zero-order chi connectivity index (χ0) is 26.5. The molecule has 0 unspecified atom stereocenters. The van der Waals surface area contributed by atoms with Crippen LogP contribution in [0.5, 0.6) is 11.5 Å². The monoisotopic (exact) mass is 518 g/mol. The van der Waals surface area contributed by atoms with Gasteiger partial charge in [-0.1, -0.05) is 24.3 Å². The smallest absolute Gasteiger partial charge is 0.276 e. The van der Waals surface area contributed by atoms with Crippen molar-refractivity contribution in [1.29, 1.82) is 0 Å². The Kier molecular flexibility index (Phi) is 7.64. The number of piperidine rings is 1. The van der Waals surface area contributed by atoms with Crippen molar-refractivity contribution in [3.63, 3.8) is 0 Å². The summed E-state index contributed by atoms with van der Waals surface area (Å²) < 4.78 is 12.3. The summed E-state index contributed by atoms with van der Waals surface area (Å²) in [5, 5.41) is 13.0. The van der Waals surface area contributed by atoms with Crippen LogP contribution in [-0.2, 0) is 27.4 Å². The molecule has 4 bridgehead atoms. The van der Waals surface area contributed by atoms with Gasteiger partial charge in [-0.2, -0.15) is 15.4 Å². The average molecular weight is 519 g/mol. The number of H-pyrrole nitrogens is 1. The highest BCUT2D eigenvalue weighted by Crippen LogP contribution is 2.25. The molecule has 2 atom stereocenters. The SMILES string of the molecule is CN1CC(=O)N[C@H]2CN(C(=O)c3cn[nH]n3)CC[C@H]2OCc2cccc(c2)Oc2cccc(c2)CCC1=O. The molecule has 2 aliphatic heterocycles. The third kappa shape index (κ3) is 6.17. The molecule has 2 N–H and O–H groups in total. The van der Waals surface area contributed by atoms with Crippen LogP contribution in [0.2, 0.25) is 0 Å². The van der Waals surface area contributed by atoms with E-state index >= 15 is 0 Å². The number of carbonyl (C=O) groups excluding carboxylic acids is 3. The second-order valence-electron chi connectivity index (χ2n) is 9.57. The van der Waals surface area contributed by atoms with Crippen molar-refractivity contribution in [3.05, 3.63) is 71.5 Å². The maximum Gasteiger partial charge on any atom is 0.276 e. The molecule has 11 nitrogen and oxygen atoms in total. The number of nitrogens with zero attached hydrogens (tertiary/aromatic N) is 4. The molecule has 3 heterocycles. The molecule has 0 radical (unpaired) electrons. The zero-order valence-corrected chi connectivity index (χ0v) is 21.1. The molecule has 1 aromatic heterocycles. The highest BCUT2D eigenvalue weighted by Gasteiger charge is 2.34. The standard InChI is InChI=1S/C27H30N6O5/c1-32-16-25(34)29-23-15-33(27(36)22-14-28-31-30-22)11-10-24(23)37-17-19-5-3-7-21(13-19)38-20-6-2-4-18(12-20)8-9-26(32)35/h2-7,12-14,23-24H,8-11,15-17H2,1H3,(H,29,34)(H,28,30,31)/t23-,24+/m0/s1. The fourth-order valence-electron chi connectivity index (χ4n) is 4.72. The molecule has 3 aromatic rings. The minimum absolute atomic E-state index is 0.0928. The molecule has 5 rings (SSSR count). The Hall–Kier alpha value is -4.25. The van der Waals surface area contributed by atoms with Gasteiger partial charge in [0, 0.05) is 26.6 Å². The summed E-state index contributed by atoms with van der Waals surface area (Å²) >= 11 is 0. The predicted molar refractivity (Wildman–Crippen MR) is 136 cm³/mol. The lowest BCUT2D eigenvalue weighted by Gasteiger charge is -2.38. The Morgan fingerprint density at radius 3 is 2.58 bits per heavy atom. The van der Waals surface area contributed by atoms with Crippen LogP contribution in [0.15, 0.2) is 54.7 Å². The van der Waals surface area contributed by atoms with E-state index in [-0.39, 0.29) is 49.0 Å². The van der Waals surface area contributed by atoms with Crippen LogP contribution in [0.25, 0.3) is 0 Å². The maximum absolute atomic E-state index is 13.0. The van der Waals surface area contributed by atoms with Gasteiger partial charge in [-0.3, -0.25) is 14.4 Å². The predicted octanol–water partition coefficient (Wildman–Crippen LogP) is 1.92. The number of hydrogen-bond donors (Lipinski definition) is 2. The van der Waals surface area contributed by atoms with E-state index in [9.17, 15) is 14.4 Å². The Bertz CT molecular complexity index is 1300. The van der Waals surface area contributed by atoms with Gasteiger partial charge in [-0.15, -0.1) is 0 Å². The number of likely N-dealkylation sites (tertiary alicyclic amines) is 1. The maximum atomic E-state index is 13.0. The topological polar surface area (TPSA) is 130 Å². The van der Waals surface area contributed by atoms with Crippen LogP contribution in [0.1, 0.15) is 34.5 Å². The van der Waals surface area contributed by atoms with Crippen LogP contribution in [0, 0.1) is 0 Å². The van der Waals surface area contributed by atoms with Crippen molar-refractivity contribution >= 4 is 17.7 Å². The van der Waals surface area contributed by atoms with Gasteiger partial charge in [0.25, 0.3) is 5.91 Å². The van der Waals surface area contributed by atoms with Crippen molar-refractivity contribution in [2.45, 2.75) is 38.0 Å². The number of aromatic amines is 1. The number of fused-ring (bicyclic) bond motifs is 5.